The number of nitrogens with one attached hydrogen (secondary N) is 1. The Morgan fingerprint density at radius 2 is 1.35 bits per heavy atom. The molecule has 2 rings (SSSR count). The second-order valence-corrected chi connectivity index (χ2v) is 4.99. The van der Waals surface area contributed by atoms with Gasteiger partial charge in [0.25, 0.3) is 0 Å². The lowest BCUT2D eigenvalue weighted by molar-refractivity contribution is 0.0619. The summed E-state index contributed by atoms with van der Waals surface area (Å²) in [6.45, 7) is 2.08. The van der Waals surface area contributed by atoms with Gasteiger partial charge in [-0.05, 0) is 31.5 Å². The van der Waals surface area contributed by atoms with Gasteiger partial charge in [-0.15, -0.1) is 12.4 Å². The molecule has 0 spiro atoms. The average molecular weight is 292 g/mol. The molecule has 0 aliphatic heterocycles. The zero-order chi connectivity index (χ0) is 13.7. The zero-order valence-corrected chi connectivity index (χ0v) is 12.7. The van der Waals surface area contributed by atoms with Crippen LogP contribution in [-0.2, 0) is 5.60 Å². The van der Waals surface area contributed by atoms with Crippen LogP contribution in [0.15, 0.2) is 60.7 Å². The molecule has 0 amide bonds. The van der Waals surface area contributed by atoms with Crippen molar-refractivity contribution >= 4 is 12.4 Å². The summed E-state index contributed by atoms with van der Waals surface area (Å²) in [5.74, 6) is 0. The van der Waals surface area contributed by atoms with Crippen LogP contribution in [0.1, 0.15) is 24.5 Å². The van der Waals surface area contributed by atoms with Gasteiger partial charge in [-0.3, -0.25) is 0 Å². The van der Waals surface area contributed by atoms with Crippen LogP contribution < -0.4 is 5.32 Å². The van der Waals surface area contributed by atoms with Gasteiger partial charge >= 0.3 is 0 Å². The molecule has 0 saturated carbocycles. The third-order valence-electron chi connectivity index (χ3n) is 3.60. The maximum Gasteiger partial charge on any atom is 0.116 e. The normalized spacial score (nSPS) is 12.6. The van der Waals surface area contributed by atoms with Crippen LogP contribution in [0.3, 0.4) is 0 Å². The van der Waals surface area contributed by atoms with Crippen LogP contribution in [-0.4, -0.2) is 18.2 Å². The fourth-order valence-electron chi connectivity index (χ4n) is 2.38. The van der Waals surface area contributed by atoms with E-state index in [2.05, 4.69) is 12.2 Å². The van der Waals surface area contributed by atoms with E-state index >= 15 is 0 Å². The van der Waals surface area contributed by atoms with Gasteiger partial charge < -0.3 is 10.4 Å². The minimum atomic E-state index is -0.953. The number of aliphatic hydroxyl groups is 1. The van der Waals surface area contributed by atoms with Gasteiger partial charge in [0.2, 0.25) is 0 Å². The Bertz CT molecular complexity index is 461. The molecule has 0 saturated heterocycles. The molecule has 0 heterocycles. The summed E-state index contributed by atoms with van der Waals surface area (Å²) in [5, 5.41) is 14.4. The van der Waals surface area contributed by atoms with Gasteiger partial charge in [-0.25, -0.2) is 0 Å². The first kappa shape index (κ1) is 16.7. The molecule has 0 aromatic heterocycles. The number of rotatable bonds is 5. The summed E-state index contributed by atoms with van der Waals surface area (Å²) in [4.78, 5) is 0. The monoisotopic (exact) mass is 291 g/mol. The molecular weight excluding hydrogens is 270 g/mol. The average Bonchev–Trinajstić information content (AvgIpc) is 2.48. The van der Waals surface area contributed by atoms with Gasteiger partial charge in [0, 0.05) is 6.04 Å². The van der Waals surface area contributed by atoms with Crippen LogP contribution in [0, 0.1) is 0 Å². The Hall–Kier alpha value is -1.35. The lowest BCUT2D eigenvalue weighted by Crippen LogP contribution is -2.36. The molecule has 108 valence electrons. The molecule has 1 unspecified atom stereocenters. The smallest absolute Gasteiger partial charge is 0.116 e. The van der Waals surface area contributed by atoms with Gasteiger partial charge in [-0.1, -0.05) is 60.7 Å². The fraction of sp³-hybridized carbons (Fsp3) is 0.294. The predicted octanol–water partition coefficient (Wildman–Crippen LogP) is 3.34. The van der Waals surface area contributed by atoms with E-state index in [9.17, 15) is 5.11 Å². The largest absolute Gasteiger partial charge is 0.380 e. The van der Waals surface area contributed by atoms with Crippen molar-refractivity contribution in [2.75, 3.05) is 7.05 Å². The molecule has 2 N–H and O–H groups in total. The van der Waals surface area contributed by atoms with Gasteiger partial charge in [-0.2, -0.15) is 0 Å². The van der Waals surface area contributed by atoms with Crippen molar-refractivity contribution in [3.63, 3.8) is 0 Å². The zero-order valence-electron chi connectivity index (χ0n) is 11.9. The van der Waals surface area contributed by atoms with Crippen LogP contribution in [0.4, 0.5) is 0 Å². The summed E-state index contributed by atoms with van der Waals surface area (Å²) in [6, 6.07) is 20.0. The van der Waals surface area contributed by atoms with Crippen LogP contribution >= 0.6 is 12.4 Å². The molecule has 0 aliphatic rings. The molecular formula is C17H22ClNO. The van der Waals surface area contributed by atoms with Crippen molar-refractivity contribution < 1.29 is 5.11 Å². The number of halogens is 1. The fourth-order valence-corrected chi connectivity index (χ4v) is 2.38. The highest BCUT2D eigenvalue weighted by atomic mass is 35.5. The van der Waals surface area contributed by atoms with E-state index in [0.717, 1.165) is 11.1 Å². The molecule has 1 atom stereocenters. The summed E-state index contributed by atoms with van der Waals surface area (Å²) >= 11 is 0. The van der Waals surface area contributed by atoms with Gasteiger partial charge in [0.05, 0.1) is 0 Å². The molecule has 2 aromatic rings. The molecule has 0 bridgehead atoms. The Labute approximate surface area is 127 Å². The SMILES string of the molecule is CNC(C)CC(O)(c1ccccc1)c1ccccc1.Cl. The van der Waals surface area contributed by atoms with E-state index in [-0.39, 0.29) is 18.4 Å². The minimum absolute atomic E-state index is 0. The predicted molar refractivity (Wildman–Crippen MR) is 86.3 cm³/mol. The Kier molecular flexibility index (Phi) is 6.21. The standard InChI is InChI=1S/C17H21NO.ClH/c1-14(18-2)13-17(19,15-9-5-3-6-10-15)16-11-7-4-8-12-16;/h3-12,14,18-19H,13H2,1-2H3;1H. The topological polar surface area (TPSA) is 32.3 Å². The molecule has 2 nitrogen and oxygen atoms in total. The van der Waals surface area contributed by atoms with Crippen molar-refractivity contribution in [2.24, 2.45) is 0 Å². The molecule has 3 heteroatoms. The first-order valence-electron chi connectivity index (χ1n) is 6.67. The second-order valence-electron chi connectivity index (χ2n) is 4.99. The van der Waals surface area contributed by atoms with Crippen LogP contribution in [0.5, 0.6) is 0 Å². The van der Waals surface area contributed by atoms with E-state index in [1.165, 1.54) is 0 Å². The van der Waals surface area contributed by atoms with Crippen molar-refractivity contribution in [1.29, 1.82) is 0 Å². The lowest BCUT2D eigenvalue weighted by Gasteiger charge is -2.32. The second kappa shape index (κ2) is 7.44. The van der Waals surface area contributed by atoms with Gasteiger partial charge in [0.1, 0.15) is 5.60 Å². The highest BCUT2D eigenvalue weighted by Crippen LogP contribution is 2.33. The number of benzene rings is 2. The molecule has 20 heavy (non-hydrogen) atoms. The highest BCUT2D eigenvalue weighted by molar-refractivity contribution is 5.85. The van der Waals surface area contributed by atoms with Crippen molar-refractivity contribution in [3.8, 4) is 0 Å². The third-order valence-corrected chi connectivity index (χ3v) is 3.60. The van der Waals surface area contributed by atoms with Crippen LogP contribution in [0.2, 0.25) is 0 Å². The van der Waals surface area contributed by atoms with E-state index in [1.807, 2.05) is 67.7 Å². The van der Waals surface area contributed by atoms with Gasteiger partial charge in [0.15, 0.2) is 0 Å². The number of hydrogen-bond donors (Lipinski definition) is 2. The molecule has 0 fully saturated rings. The lowest BCUT2D eigenvalue weighted by atomic mass is 9.81. The van der Waals surface area contributed by atoms with Crippen LogP contribution in [0.25, 0.3) is 0 Å². The Balaban J connectivity index is 0.00000200. The van der Waals surface area contributed by atoms with E-state index < -0.39 is 5.60 Å². The maximum absolute atomic E-state index is 11.2. The molecule has 0 radical (unpaired) electrons. The highest BCUT2D eigenvalue weighted by Gasteiger charge is 2.32. The van der Waals surface area contributed by atoms with Crippen molar-refractivity contribution in [2.45, 2.75) is 25.0 Å². The summed E-state index contributed by atoms with van der Waals surface area (Å²) < 4.78 is 0. The van der Waals surface area contributed by atoms with E-state index in [4.69, 9.17) is 0 Å². The quantitative estimate of drug-likeness (QED) is 0.885. The first-order valence-corrected chi connectivity index (χ1v) is 6.67. The maximum atomic E-state index is 11.2. The van der Waals surface area contributed by atoms with E-state index in [0.29, 0.717) is 6.42 Å². The Morgan fingerprint density at radius 1 is 0.950 bits per heavy atom. The minimum Gasteiger partial charge on any atom is -0.380 e. The molecule has 0 aliphatic carbocycles. The van der Waals surface area contributed by atoms with E-state index in [1.54, 1.807) is 0 Å². The summed E-state index contributed by atoms with van der Waals surface area (Å²) in [6.07, 6.45) is 0.636. The van der Waals surface area contributed by atoms with Crippen molar-refractivity contribution in [1.82, 2.24) is 5.32 Å². The summed E-state index contributed by atoms with van der Waals surface area (Å²) in [5.41, 5.74) is 0.914. The molecule has 2 aromatic carbocycles. The third kappa shape index (κ3) is 3.60. The number of hydrogen-bond acceptors (Lipinski definition) is 2. The first-order chi connectivity index (χ1) is 9.16. The Morgan fingerprint density at radius 3 is 1.70 bits per heavy atom. The van der Waals surface area contributed by atoms with Crippen molar-refractivity contribution in [3.05, 3.63) is 71.8 Å². The summed E-state index contributed by atoms with van der Waals surface area (Å²) in [7, 11) is 1.92.